The number of para-hydroxylation sites is 1. The second kappa shape index (κ2) is 4.56. The molecule has 1 atom stereocenters. The van der Waals surface area contributed by atoms with Crippen molar-refractivity contribution in [3.8, 4) is 11.5 Å². The first kappa shape index (κ1) is 12.2. The van der Waals surface area contributed by atoms with Gasteiger partial charge in [-0.25, -0.2) is 4.79 Å². The van der Waals surface area contributed by atoms with Crippen LogP contribution in [0.1, 0.15) is 17.3 Å². The summed E-state index contributed by atoms with van der Waals surface area (Å²) in [5, 5.41) is 8.89. The summed E-state index contributed by atoms with van der Waals surface area (Å²) >= 11 is 0. The van der Waals surface area contributed by atoms with Gasteiger partial charge in [-0.1, -0.05) is 6.07 Å². The van der Waals surface area contributed by atoms with Crippen LogP contribution in [0.4, 0.5) is 0 Å². The fourth-order valence-electron chi connectivity index (χ4n) is 1.63. The molecule has 1 amide bonds. The van der Waals surface area contributed by atoms with Gasteiger partial charge in [0.25, 0.3) is 5.91 Å². The van der Waals surface area contributed by atoms with E-state index in [-0.39, 0.29) is 6.79 Å². The molecule has 96 valence electrons. The maximum Gasteiger partial charge on any atom is 0.326 e. The molecular weight excluding hydrogens is 238 g/mol. The van der Waals surface area contributed by atoms with E-state index in [4.69, 9.17) is 14.6 Å². The molecule has 0 fully saturated rings. The Morgan fingerprint density at radius 1 is 1.39 bits per heavy atom. The summed E-state index contributed by atoms with van der Waals surface area (Å²) in [6, 6.07) is 4.04. The number of amides is 1. The standard InChI is InChI=1S/C12H13NO5/c1-7(12(15)16)13(2)11(14)8-4-3-5-9-10(8)18-6-17-9/h3-5,7H,6H2,1-2H3,(H,15,16). The van der Waals surface area contributed by atoms with Crippen LogP contribution in [0.3, 0.4) is 0 Å². The third kappa shape index (κ3) is 1.97. The van der Waals surface area contributed by atoms with Crippen LogP contribution in [0.5, 0.6) is 11.5 Å². The summed E-state index contributed by atoms with van der Waals surface area (Å²) in [5.74, 6) is -0.605. The van der Waals surface area contributed by atoms with Gasteiger partial charge in [-0.15, -0.1) is 0 Å². The van der Waals surface area contributed by atoms with Gasteiger partial charge in [0.2, 0.25) is 6.79 Å². The lowest BCUT2D eigenvalue weighted by Gasteiger charge is -2.21. The first-order valence-corrected chi connectivity index (χ1v) is 5.41. The van der Waals surface area contributed by atoms with Gasteiger partial charge >= 0.3 is 5.97 Å². The quantitative estimate of drug-likeness (QED) is 0.865. The van der Waals surface area contributed by atoms with Crippen molar-refractivity contribution in [2.75, 3.05) is 13.8 Å². The molecule has 1 heterocycles. The van der Waals surface area contributed by atoms with Crippen molar-refractivity contribution in [2.45, 2.75) is 13.0 Å². The van der Waals surface area contributed by atoms with E-state index in [0.717, 1.165) is 4.90 Å². The minimum absolute atomic E-state index is 0.0673. The minimum atomic E-state index is -1.06. The van der Waals surface area contributed by atoms with Crippen molar-refractivity contribution < 1.29 is 24.2 Å². The van der Waals surface area contributed by atoms with Gasteiger partial charge in [0.05, 0.1) is 5.56 Å². The molecule has 0 saturated carbocycles. The lowest BCUT2D eigenvalue weighted by molar-refractivity contribution is -0.141. The van der Waals surface area contributed by atoms with E-state index < -0.39 is 17.9 Å². The molecule has 1 aliphatic rings. The number of fused-ring (bicyclic) bond motifs is 1. The van der Waals surface area contributed by atoms with E-state index >= 15 is 0 Å². The SMILES string of the molecule is CC(C(=O)O)N(C)C(=O)c1cccc2c1OCO2. The van der Waals surface area contributed by atoms with E-state index in [9.17, 15) is 9.59 Å². The average Bonchev–Trinajstić information content (AvgIpc) is 2.83. The number of benzene rings is 1. The average molecular weight is 251 g/mol. The van der Waals surface area contributed by atoms with E-state index in [2.05, 4.69) is 0 Å². The van der Waals surface area contributed by atoms with Crippen LogP contribution in [0.2, 0.25) is 0 Å². The second-order valence-electron chi connectivity index (χ2n) is 3.97. The number of hydrogen-bond donors (Lipinski definition) is 1. The zero-order valence-corrected chi connectivity index (χ0v) is 10.0. The lowest BCUT2D eigenvalue weighted by atomic mass is 10.1. The molecule has 0 spiro atoms. The molecule has 2 rings (SSSR count). The van der Waals surface area contributed by atoms with Gasteiger partial charge in [-0.3, -0.25) is 4.79 Å². The van der Waals surface area contributed by atoms with Crippen LogP contribution >= 0.6 is 0 Å². The summed E-state index contributed by atoms with van der Waals surface area (Å²) in [6.45, 7) is 1.51. The number of likely N-dealkylation sites (N-methyl/N-ethyl adjacent to an activating group) is 1. The normalized spacial score (nSPS) is 14.1. The molecular formula is C12H13NO5. The Balaban J connectivity index is 2.30. The highest BCUT2D eigenvalue weighted by atomic mass is 16.7. The Kier molecular flexibility index (Phi) is 3.10. The van der Waals surface area contributed by atoms with Gasteiger partial charge in [-0.05, 0) is 19.1 Å². The van der Waals surface area contributed by atoms with Crippen LogP contribution in [0, 0.1) is 0 Å². The van der Waals surface area contributed by atoms with Crippen LogP contribution in [-0.2, 0) is 4.79 Å². The number of nitrogens with zero attached hydrogens (tertiary/aromatic N) is 1. The van der Waals surface area contributed by atoms with Gasteiger partial charge in [0.15, 0.2) is 11.5 Å². The van der Waals surface area contributed by atoms with Crippen molar-refractivity contribution in [3.05, 3.63) is 23.8 Å². The van der Waals surface area contributed by atoms with Crippen molar-refractivity contribution >= 4 is 11.9 Å². The van der Waals surface area contributed by atoms with E-state index in [0.29, 0.717) is 17.1 Å². The summed E-state index contributed by atoms with van der Waals surface area (Å²) in [5.41, 5.74) is 0.306. The van der Waals surface area contributed by atoms with Crippen molar-refractivity contribution in [2.24, 2.45) is 0 Å². The maximum absolute atomic E-state index is 12.2. The number of aliphatic carboxylic acids is 1. The first-order valence-electron chi connectivity index (χ1n) is 5.41. The minimum Gasteiger partial charge on any atom is -0.480 e. The van der Waals surface area contributed by atoms with Crippen LogP contribution in [0.25, 0.3) is 0 Å². The Labute approximate surface area is 104 Å². The molecule has 0 bridgehead atoms. The number of carbonyl (C=O) groups is 2. The summed E-state index contributed by atoms with van der Waals surface area (Å²) < 4.78 is 10.4. The largest absolute Gasteiger partial charge is 0.480 e. The third-order valence-electron chi connectivity index (χ3n) is 2.89. The van der Waals surface area contributed by atoms with Crippen LogP contribution < -0.4 is 9.47 Å². The Morgan fingerprint density at radius 2 is 2.11 bits per heavy atom. The van der Waals surface area contributed by atoms with Gasteiger partial charge < -0.3 is 19.5 Å². The summed E-state index contributed by atoms with van der Waals surface area (Å²) in [4.78, 5) is 24.2. The Hall–Kier alpha value is -2.24. The Bertz CT molecular complexity index is 499. The van der Waals surface area contributed by atoms with E-state index in [1.807, 2.05) is 0 Å². The molecule has 0 aliphatic carbocycles. The number of carboxylic acid groups (broad SMARTS) is 1. The molecule has 6 heteroatoms. The highest BCUT2D eigenvalue weighted by Gasteiger charge is 2.28. The predicted molar refractivity (Wildman–Crippen MR) is 61.8 cm³/mol. The van der Waals surface area contributed by atoms with Crippen LogP contribution in [-0.4, -0.2) is 41.8 Å². The summed E-state index contributed by atoms with van der Waals surface area (Å²) in [7, 11) is 1.44. The topological polar surface area (TPSA) is 76.1 Å². The molecule has 6 nitrogen and oxygen atoms in total. The molecule has 1 aromatic carbocycles. The Morgan fingerprint density at radius 3 is 2.78 bits per heavy atom. The predicted octanol–water partition coefficient (Wildman–Crippen LogP) is 0.960. The number of carboxylic acids is 1. The molecule has 1 aliphatic heterocycles. The first-order chi connectivity index (χ1) is 8.52. The third-order valence-corrected chi connectivity index (χ3v) is 2.89. The van der Waals surface area contributed by atoms with Crippen molar-refractivity contribution in [3.63, 3.8) is 0 Å². The van der Waals surface area contributed by atoms with Crippen LogP contribution in [0.15, 0.2) is 18.2 Å². The fourth-order valence-corrected chi connectivity index (χ4v) is 1.63. The number of carbonyl (C=O) groups excluding carboxylic acids is 1. The monoisotopic (exact) mass is 251 g/mol. The van der Waals surface area contributed by atoms with Gasteiger partial charge in [-0.2, -0.15) is 0 Å². The molecule has 1 N–H and O–H groups in total. The highest BCUT2D eigenvalue weighted by molar-refractivity contribution is 5.99. The van der Waals surface area contributed by atoms with Crippen molar-refractivity contribution in [1.82, 2.24) is 4.90 Å². The molecule has 18 heavy (non-hydrogen) atoms. The van der Waals surface area contributed by atoms with E-state index in [1.165, 1.54) is 14.0 Å². The molecule has 0 saturated heterocycles. The second-order valence-corrected chi connectivity index (χ2v) is 3.97. The lowest BCUT2D eigenvalue weighted by Crippen LogP contribution is -2.40. The van der Waals surface area contributed by atoms with Gasteiger partial charge in [0, 0.05) is 7.05 Å². The number of ether oxygens (including phenoxy) is 2. The molecule has 1 unspecified atom stereocenters. The fraction of sp³-hybridized carbons (Fsp3) is 0.333. The number of hydrogen-bond acceptors (Lipinski definition) is 4. The zero-order valence-electron chi connectivity index (χ0n) is 10.0. The smallest absolute Gasteiger partial charge is 0.326 e. The molecule has 1 aromatic rings. The molecule has 0 aromatic heterocycles. The van der Waals surface area contributed by atoms with E-state index in [1.54, 1.807) is 18.2 Å². The number of rotatable bonds is 3. The molecule has 0 radical (unpaired) electrons. The zero-order chi connectivity index (χ0) is 13.3. The highest BCUT2D eigenvalue weighted by Crippen LogP contribution is 2.35. The maximum atomic E-state index is 12.2. The van der Waals surface area contributed by atoms with Gasteiger partial charge in [0.1, 0.15) is 6.04 Å². The van der Waals surface area contributed by atoms with Crippen molar-refractivity contribution in [1.29, 1.82) is 0 Å². The summed E-state index contributed by atoms with van der Waals surface area (Å²) in [6.07, 6.45) is 0.